The maximum Gasteiger partial charge on any atom is 0.170 e. The molecule has 1 fully saturated rings. The van der Waals surface area contributed by atoms with E-state index in [0.717, 1.165) is 41.8 Å². The molecule has 0 unspecified atom stereocenters. The number of nitrogens with zero attached hydrogens (tertiary/aromatic N) is 4. The van der Waals surface area contributed by atoms with Crippen LogP contribution in [0.1, 0.15) is 29.9 Å². The minimum atomic E-state index is -0.0210. The molecule has 2 aromatic heterocycles. The fourth-order valence-electron chi connectivity index (χ4n) is 4.16. The molecule has 0 saturated carbocycles. The van der Waals surface area contributed by atoms with Crippen molar-refractivity contribution >= 4 is 17.3 Å². The van der Waals surface area contributed by atoms with E-state index in [-0.39, 0.29) is 12.1 Å². The minimum Gasteiger partial charge on any atom is -0.497 e. The number of aromatic nitrogens is 2. The summed E-state index contributed by atoms with van der Waals surface area (Å²) in [6.07, 6.45) is 4.96. The van der Waals surface area contributed by atoms with Crippen molar-refractivity contribution in [2.45, 2.75) is 18.5 Å². The van der Waals surface area contributed by atoms with Gasteiger partial charge in [-0.2, -0.15) is 0 Å². The number of hydrogen-bond acceptors (Lipinski definition) is 4. The van der Waals surface area contributed by atoms with Gasteiger partial charge in [0.25, 0.3) is 0 Å². The van der Waals surface area contributed by atoms with E-state index in [0.29, 0.717) is 0 Å². The third-order valence-corrected chi connectivity index (χ3v) is 5.97. The summed E-state index contributed by atoms with van der Waals surface area (Å²) in [4.78, 5) is 9.16. The number of benzene rings is 1. The molecule has 0 aliphatic carbocycles. The van der Waals surface area contributed by atoms with Gasteiger partial charge in [-0.3, -0.25) is 4.98 Å². The second-order valence-corrected chi connectivity index (χ2v) is 8.37. The van der Waals surface area contributed by atoms with Crippen LogP contribution in [0, 0.1) is 0 Å². The highest BCUT2D eigenvalue weighted by atomic mass is 32.1. The summed E-state index contributed by atoms with van der Waals surface area (Å²) < 4.78 is 7.67. The number of thiocarbonyl (C=S) groups is 1. The Labute approximate surface area is 189 Å². The number of hydrogen-bond donors (Lipinski definition) is 1. The van der Waals surface area contributed by atoms with Gasteiger partial charge in [0.15, 0.2) is 5.11 Å². The van der Waals surface area contributed by atoms with E-state index in [1.165, 1.54) is 5.69 Å². The van der Waals surface area contributed by atoms with Crippen molar-refractivity contribution in [3.05, 3.63) is 78.4 Å². The zero-order valence-corrected chi connectivity index (χ0v) is 19.0. The molecule has 31 heavy (non-hydrogen) atoms. The molecule has 3 heterocycles. The van der Waals surface area contributed by atoms with Crippen molar-refractivity contribution in [3.63, 3.8) is 0 Å². The van der Waals surface area contributed by atoms with Crippen LogP contribution in [0.15, 0.2) is 67.0 Å². The van der Waals surface area contributed by atoms with Crippen molar-refractivity contribution in [2.75, 3.05) is 34.3 Å². The van der Waals surface area contributed by atoms with E-state index in [1.54, 1.807) is 7.11 Å². The average Bonchev–Trinajstić information content (AvgIpc) is 3.39. The Balaban J connectivity index is 1.74. The Hall–Kier alpha value is -2.90. The summed E-state index contributed by atoms with van der Waals surface area (Å²) in [6.45, 7) is 1.89. The van der Waals surface area contributed by atoms with Crippen LogP contribution in [0.25, 0.3) is 5.69 Å². The van der Waals surface area contributed by atoms with Gasteiger partial charge in [-0.15, -0.1) is 0 Å². The largest absolute Gasteiger partial charge is 0.497 e. The van der Waals surface area contributed by atoms with Crippen LogP contribution in [0.5, 0.6) is 5.75 Å². The SMILES string of the molecule is COc1cccc(-n2cccc2[C@H]2[C@@H](c3ccccn3)NC(=S)N2CCCN(C)C)c1. The lowest BCUT2D eigenvalue weighted by Gasteiger charge is -2.29. The minimum absolute atomic E-state index is 0.0210. The molecule has 1 N–H and O–H groups in total. The number of pyridine rings is 1. The molecule has 6 nitrogen and oxygen atoms in total. The molecule has 4 rings (SSSR count). The van der Waals surface area contributed by atoms with Gasteiger partial charge in [-0.1, -0.05) is 12.1 Å². The highest BCUT2D eigenvalue weighted by molar-refractivity contribution is 7.80. The maximum absolute atomic E-state index is 5.79. The monoisotopic (exact) mass is 435 g/mol. The zero-order valence-electron chi connectivity index (χ0n) is 18.2. The third kappa shape index (κ3) is 4.57. The molecule has 3 aromatic rings. The molecule has 162 valence electrons. The van der Waals surface area contributed by atoms with Gasteiger partial charge in [0.05, 0.1) is 24.9 Å². The molecule has 1 aliphatic heterocycles. The predicted molar refractivity (Wildman–Crippen MR) is 128 cm³/mol. The Morgan fingerprint density at radius 3 is 2.74 bits per heavy atom. The molecular formula is C24H29N5OS. The van der Waals surface area contributed by atoms with Gasteiger partial charge in [0.2, 0.25) is 0 Å². The van der Waals surface area contributed by atoms with Gasteiger partial charge < -0.3 is 24.4 Å². The topological polar surface area (TPSA) is 45.6 Å². The first-order chi connectivity index (χ1) is 15.1. The van der Waals surface area contributed by atoms with Gasteiger partial charge in [-0.05, 0) is 75.7 Å². The Bertz CT molecular complexity index is 1020. The lowest BCUT2D eigenvalue weighted by atomic mass is 10.0. The average molecular weight is 436 g/mol. The molecule has 2 atom stereocenters. The standard InChI is InChI=1S/C24H29N5OS/c1-27(2)14-8-16-29-23(22(26-24(29)31)20-11-4-5-13-25-20)21-12-7-15-28(21)18-9-6-10-19(17-18)30-3/h4-7,9-13,15,17,22-23H,8,14,16H2,1-3H3,(H,26,31)/t22-,23+/m1/s1. The van der Waals surface area contributed by atoms with Crippen LogP contribution in [0.3, 0.4) is 0 Å². The van der Waals surface area contributed by atoms with Crippen molar-refractivity contribution in [3.8, 4) is 11.4 Å². The molecule has 1 aliphatic rings. The van der Waals surface area contributed by atoms with Crippen LogP contribution in [0.2, 0.25) is 0 Å². The molecule has 7 heteroatoms. The molecule has 0 spiro atoms. The Morgan fingerprint density at radius 2 is 2.00 bits per heavy atom. The first-order valence-electron chi connectivity index (χ1n) is 10.5. The molecule has 0 radical (unpaired) electrons. The third-order valence-electron chi connectivity index (χ3n) is 5.62. The van der Waals surface area contributed by atoms with Crippen molar-refractivity contribution in [2.24, 2.45) is 0 Å². The van der Waals surface area contributed by atoms with Crippen LogP contribution in [-0.2, 0) is 0 Å². The summed E-state index contributed by atoms with van der Waals surface area (Å²) >= 11 is 5.79. The number of ether oxygens (including phenoxy) is 1. The Morgan fingerprint density at radius 1 is 1.13 bits per heavy atom. The van der Waals surface area contributed by atoms with Crippen LogP contribution >= 0.6 is 12.2 Å². The molecule has 1 aromatic carbocycles. The van der Waals surface area contributed by atoms with Crippen LogP contribution < -0.4 is 10.1 Å². The van der Waals surface area contributed by atoms with E-state index in [1.807, 2.05) is 30.5 Å². The first-order valence-corrected chi connectivity index (χ1v) is 10.9. The highest BCUT2D eigenvalue weighted by Crippen LogP contribution is 2.39. The van der Waals surface area contributed by atoms with Crippen molar-refractivity contribution in [1.82, 2.24) is 24.7 Å². The number of nitrogens with one attached hydrogen (secondary N) is 1. The van der Waals surface area contributed by atoms with Crippen molar-refractivity contribution in [1.29, 1.82) is 0 Å². The summed E-state index contributed by atoms with van der Waals surface area (Å²) in [5.74, 6) is 0.835. The second kappa shape index (κ2) is 9.49. The quantitative estimate of drug-likeness (QED) is 0.543. The first kappa shape index (κ1) is 21.3. The Kier molecular flexibility index (Phi) is 6.53. The summed E-state index contributed by atoms with van der Waals surface area (Å²) in [5.41, 5.74) is 3.22. The maximum atomic E-state index is 5.79. The van der Waals surface area contributed by atoms with E-state index >= 15 is 0 Å². The van der Waals surface area contributed by atoms with Crippen molar-refractivity contribution < 1.29 is 4.74 Å². The molecule has 0 amide bonds. The van der Waals surface area contributed by atoms with Crippen LogP contribution in [-0.4, -0.2) is 58.8 Å². The van der Waals surface area contributed by atoms with E-state index in [4.69, 9.17) is 17.0 Å². The van der Waals surface area contributed by atoms with E-state index in [9.17, 15) is 0 Å². The van der Waals surface area contributed by atoms with Gasteiger partial charge in [0, 0.05) is 36.4 Å². The fourth-order valence-corrected chi connectivity index (χ4v) is 4.49. The van der Waals surface area contributed by atoms with Gasteiger partial charge in [0.1, 0.15) is 5.75 Å². The zero-order chi connectivity index (χ0) is 21.8. The summed E-state index contributed by atoms with van der Waals surface area (Å²) in [6, 6.07) is 18.4. The van der Waals surface area contributed by atoms with Gasteiger partial charge in [-0.25, -0.2) is 0 Å². The van der Waals surface area contributed by atoms with E-state index < -0.39 is 0 Å². The second-order valence-electron chi connectivity index (χ2n) is 7.98. The molecular weight excluding hydrogens is 406 g/mol. The fraction of sp³-hybridized carbons (Fsp3) is 0.333. The lowest BCUT2D eigenvalue weighted by Crippen LogP contribution is -2.32. The molecule has 1 saturated heterocycles. The number of methoxy groups -OCH3 is 1. The highest BCUT2D eigenvalue weighted by Gasteiger charge is 2.40. The summed E-state index contributed by atoms with van der Waals surface area (Å²) in [7, 11) is 5.89. The molecule has 0 bridgehead atoms. The predicted octanol–water partition coefficient (Wildman–Crippen LogP) is 3.81. The van der Waals surface area contributed by atoms with Crippen LogP contribution in [0.4, 0.5) is 0 Å². The normalized spacial score (nSPS) is 18.5. The lowest BCUT2D eigenvalue weighted by molar-refractivity contribution is 0.286. The number of rotatable bonds is 8. The smallest absolute Gasteiger partial charge is 0.170 e. The summed E-state index contributed by atoms with van der Waals surface area (Å²) in [5, 5.41) is 4.32. The van der Waals surface area contributed by atoms with Gasteiger partial charge >= 0.3 is 0 Å². The van der Waals surface area contributed by atoms with E-state index in [2.05, 4.69) is 75.3 Å².